The Labute approximate surface area is 238 Å². The Morgan fingerprint density at radius 2 is 1.66 bits per heavy atom. The van der Waals surface area contributed by atoms with Crippen LogP contribution in [-0.2, 0) is 16.4 Å². The van der Waals surface area contributed by atoms with Crippen molar-refractivity contribution in [1.82, 2.24) is 14.2 Å². The number of ether oxygens (including phenoxy) is 1. The molecule has 0 radical (unpaired) electrons. The third kappa shape index (κ3) is 6.02. The maximum absolute atomic E-state index is 14.3. The van der Waals surface area contributed by atoms with Crippen LogP contribution in [0, 0.1) is 11.6 Å². The van der Waals surface area contributed by atoms with Gasteiger partial charge < -0.3 is 9.64 Å². The number of piperazine rings is 1. The zero-order valence-electron chi connectivity index (χ0n) is 22.8. The summed E-state index contributed by atoms with van der Waals surface area (Å²) >= 11 is 0. The smallest absolute Gasteiger partial charge is 0.211 e. The predicted octanol–water partition coefficient (Wildman–Crippen LogP) is 5.37. The highest BCUT2D eigenvalue weighted by molar-refractivity contribution is 7.88. The van der Waals surface area contributed by atoms with Crippen LogP contribution in [0.3, 0.4) is 0 Å². The minimum absolute atomic E-state index is 0.494. The summed E-state index contributed by atoms with van der Waals surface area (Å²) < 4.78 is 59.7. The molecule has 1 saturated heterocycles. The lowest BCUT2D eigenvalue weighted by molar-refractivity contribution is 0.175. The van der Waals surface area contributed by atoms with Gasteiger partial charge in [-0.15, -0.1) is 0 Å². The largest absolute Gasteiger partial charge is 0.494 e. The van der Waals surface area contributed by atoms with E-state index in [2.05, 4.69) is 16.0 Å². The Bertz CT molecular complexity index is 1730. The van der Waals surface area contributed by atoms with E-state index in [1.807, 2.05) is 48.7 Å². The summed E-state index contributed by atoms with van der Waals surface area (Å²) in [7, 11) is -3.14. The highest BCUT2D eigenvalue weighted by atomic mass is 32.2. The van der Waals surface area contributed by atoms with Crippen molar-refractivity contribution in [3.05, 3.63) is 107 Å². The quantitative estimate of drug-likeness (QED) is 0.264. The Hall–Kier alpha value is -3.66. The fraction of sp³-hybridized carbons (Fsp3) is 0.281. The maximum Gasteiger partial charge on any atom is 0.211 e. The number of benzene rings is 3. The number of sulfonamides is 1. The first-order chi connectivity index (χ1) is 19.7. The third-order valence-electron chi connectivity index (χ3n) is 7.79. The normalized spacial score (nSPS) is 16.4. The Balaban J connectivity index is 1.19. The number of hydrogen-bond donors (Lipinski definition) is 0. The topological polar surface area (TPSA) is 62.7 Å². The van der Waals surface area contributed by atoms with Crippen LogP contribution in [-0.4, -0.2) is 68.2 Å². The first-order valence-corrected chi connectivity index (χ1v) is 15.6. The summed E-state index contributed by atoms with van der Waals surface area (Å²) in [5.41, 5.74) is 6.02. The van der Waals surface area contributed by atoms with E-state index < -0.39 is 21.7 Å². The molecule has 212 valence electrons. The number of nitrogens with zero attached hydrogens (tertiary/aromatic N) is 3. The highest BCUT2D eigenvalue weighted by Gasteiger charge is 2.26. The van der Waals surface area contributed by atoms with Gasteiger partial charge in [-0.1, -0.05) is 24.3 Å². The van der Waals surface area contributed by atoms with Crippen molar-refractivity contribution in [2.24, 2.45) is 0 Å². The molecule has 1 aliphatic carbocycles. The number of para-hydroxylation sites is 1. The first kappa shape index (κ1) is 27.5. The van der Waals surface area contributed by atoms with Crippen LogP contribution >= 0.6 is 0 Å². The molecule has 1 aromatic heterocycles. The van der Waals surface area contributed by atoms with Crippen molar-refractivity contribution in [1.29, 1.82) is 0 Å². The summed E-state index contributed by atoms with van der Waals surface area (Å²) in [6.45, 7) is 3.83. The van der Waals surface area contributed by atoms with Gasteiger partial charge >= 0.3 is 0 Å². The molecular formula is C32H31F2N3O3S. The zero-order chi connectivity index (χ0) is 28.6. The number of allylic oxidation sites excluding steroid dienone is 1. The molecule has 0 unspecified atom stereocenters. The van der Waals surface area contributed by atoms with E-state index in [1.54, 1.807) is 0 Å². The average Bonchev–Trinajstić information content (AvgIpc) is 3.33. The Morgan fingerprint density at radius 1 is 0.902 bits per heavy atom. The number of pyridine rings is 1. The molecular weight excluding hydrogens is 544 g/mol. The van der Waals surface area contributed by atoms with Crippen LogP contribution in [0.2, 0.25) is 0 Å². The molecule has 0 saturated carbocycles. The maximum atomic E-state index is 14.3. The summed E-state index contributed by atoms with van der Waals surface area (Å²) in [6, 6.07) is 19.5. The molecule has 0 amide bonds. The van der Waals surface area contributed by atoms with Crippen LogP contribution in [0.1, 0.15) is 28.7 Å². The van der Waals surface area contributed by atoms with Gasteiger partial charge in [0.1, 0.15) is 17.4 Å². The SMILES string of the molecule is CS(=O)(=O)N1CCN(CCCOc2ccc3c(c2)CC(c2cnc4ccccc4c2)=C3c2cc(F)cc(F)c2)CC1. The Kier molecular flexibility index (Phi) is 7.59. The number of rotatable bonds is 8. The standard InChI is InChI=1S/C32H31F2N3O3S/c1-41(38,39)37-12-10-36(11-13-37)9-4-14-40-28-7-8-29-23(18-28)19-30(32(29)24-16-26(33)20-27(34)17-24)25-15-22-5-2-3-6-31(22)35-21-25/h2-3,5-8,15-18,20-21H,4,9-14,19H2,1H3. The van der Waals surface area contributed by atoms with Crippen molar-refractivity contribution >= 4 is 32.1 Å². The van der Waals surface area contributed by atoms with E-state index in [4.69, 9.17) is 4.74 Å². The van der Waals surface area contributed by atoms with Gasteiger partial charge in [-0.3, -0.25) is 4.98 Å². The van der Waals surface area contributed by atoms with E-state index >= 15 is 0 Å². The lowest BCUT2D eigenvalue weighted by Gasteiger charge is -2.33. The molecule has 1 fully saturated rings. The average molecular weight is 576 g/mol. The number of halogens is 2. The number of aromatic nitrogens is 1. The van der Waals surface area contributed by atoms with Crippen LogP contribution < -0.4 is 4.74 Å². The van der Waals surface area contributed by atoms with Gasteiger partial charge in [-0.25, -0.2) is 17.2 Å². The minimum Gasteiger partial charge on any atom is -0.494 e. The molecule has 2 heterocycles. The lowest BCUT2D eigenvalue weighted by atomic mass is 9.94. The molecule has 1 aliphatic heterocycles. The van der Waals surface area contributed by atoms with E-state index in [0.29, 0.717) is 44.8 Å². The van der Waals surface area contributed by atoms with Gasteiger partial charge in [0.15, 0.2) is 0 Å². The molecule has 41 heavy (non-hydrogen) atoms. The van der Waals surface area contributed by atoms with Gasteiger partial charge in [0, 0.05) is 50.4 Å². The molecule has 0 spiro atoms. The molecule has 9 heteroatoms. The van der Waals surface area contributed by atoms with Gasteiger partial charge in [0.05, 0.1) is 18.4 Å². The summed E-state index contributed by atoms with van der Waals surface area (Å²) in [4.78, 5) is 6.89. The van der Waals surface area contributed by atoms with E-state index in [9.17, 15) is 17.2 Å². The fourth-order valence-electron chi connectivity index (χ4n) is 5.76. The van der Waals surface area contributed by atoms with Crippen molar-refractivity contribution in [2.75, 3.05) is 45.6 Å². The summed E-state index contributed by atoms with van der Waals surface area (Å²) in [5, 5.41) is 1.000. The molecule has 2 aliphatic rings. The van der Waals surface area contributed by atoms with E-state index in [1.165, 1.54) is 22.7 Å². The molecule has 3 aromatic carbocycles. The first-order valence-electron chi connectivity index (χ1n) is 13.7. The van der Waals surface area contributed by atoms with Crippen molar-refractivity contribution in [3.63, 3.8) is 0 Å². The predicted molar refractivity (Wildman–Crippen MR) is 157 cm³/mol. The monoisotopic (exact) mass is 575 g/mol. The van der Waals surface area contributed by atoms with Crippen LogP contribution in [0.5, 0.6) is 5.75 Å². The van der Waals surface area contributed by atoms with Gasteiger partial charge in [-0.05, 0) is 82.6 Å². The fourth-order valence-corrected chi connectivity index (χ4v) is 6.59. The molecule has 6 rings (SSSR count). The minimum atomic E-state index is -3.14. The number of hydrogen-bond acceptors (Lipinski definition) is 5. The van der Waals surface area contributed by atoms with E-state index in [0.717, 1.165) is 63.5 Å². The number of fused-ring (bicyclic) bond motifs is 2. The van der Waals surface area contributed by atoms with Crippen molar-refractivity contribution < 1.29 is 21.9 Å². The molecule has 0 bridgehead atoms. The van der Waals surface area contributed by atoms with Gasteiger partial charge in [0.25, 0.3) is 0 Å². The van der Waals surface area contributed by atoms with Gasteiger partial charge in [0.2, 0.25) is 10.0 Å². The third-order valence-corrected chi connectivity index (χ3v) is 9.10. The second-order valence-electron chi connectivity index (χ2n) is 10.6. The molecule has 6 nitrogen and oxygen atoms in total. The zero-order valence-corrected chi connectivity index (χ0v) is 23.6. The van der Waals surface area contributed by atoms with Crippen LogP contribution in [0.25, 0.3) is 22.0 Å². The van der Waals surface area contributed by atoms with Crippen molar-refractivity contribution in [3.8, 4) is 5.75 Å². The van der Waals surface area contributed by atoms with Crippen LogP contribution in [0.4, 0.5) is 8.78 Å². The molecule has 4 aromatic rings. The van der Waals surface area contributed by atoms with Gasteiger partial charge in [-0.2, -0.15) is 4.31 Å². The Morgan fingerprint density at radius 3 is 2.41 bits per heavy atom. The van der Waals surface area contributed by atoms with Crippen LogP contribution in [0.15, 0.2) is 72.9 Å². The molecule has 0 N–H and O–H groups in total. The van der Waals surface area contributed by atoms with Crippen molar-refractivity contribution in [2.45, 2.75) is 12.8 Å². The highest BCUT2D eigenvalue weighted by Crippen LogP contribution is 2.44. The summed E-state index contributed by atoms with van der Waals surface area (Å²) in [6.07, 6.45) is 4.48. The second kappa shape index (κ2) is 11.3. The van der Waals surface area contributed by atoms with E-state index in [-0.39, 0.29) is 0 Å². The molecule has 0 atom stereocenters. The lowest BCUT2D eigenvalue weighted by Crippen LogP contribution is -2.48. The summed E-state index contributed by atoms with van der Waals surface area (Å²) in [5.74, 6) is -0.488. The second-order valence-corrected chi connectivity index (χ2v) is 12.6.